The lowest BCUT2D eigenvalue weighted by Crippen LogP contribution is -2.29. The molecule has 0 spiro atoms. The second-order valence-electron chi connectivity index (χ2n) is 3.60. The zero-order chi connectivity index (χ0) is 10.3. The third-order valence-electron chi connectivity index (χ3n) is 2.74. The van der Waals surface area contributed by atoms with E-state index in [1.807, 2.05) is 11.3 Å². The topological polar surface area (TPSA) is 12.0 Å². The monoisotopic (exact) mass is 255 g/mol. The fourth-order valence-electron chi connectivity index (χ4n) is 2.01. The van der Waals surface area contributed by atoms with Gasteiger partial charge >= 0.3 is 0 Å². The second kappa shape index (κ2) is 3.91. The van der Waals surface area contributed by atoms with Crippen LogP contribution in [0.2, 0.25) is 4.34 Å². The summed E-state index contributed by atoms with van der Waals surface area (Å²) in [5.41, 5.74) is 2.70. The second-order valence-corrected chi connectivity index (χ2v) is 6.06. The van der Waals surface area contributed by atoms with Gasteiger partial charge in [0.25, 0.3) is 0 Å². The van der Waals surface area contributed by atoms with Gasteiger partial charge in [-0.25, -0.2) is 0 Å². The van der Waals surface area contributed by atoms with Crippen LogP contribution >= 0.6 is 34.3 Å². The van der Waals surface area contributed by atoms with Crippen LogP contribution in [-0.4, -0.2) is 6.54 Å². The molecule has 0 saturated carbocycles. The Labute approximate surface area is 102 Å². The molecule has 4 heteroatoms. The SMILES string of the molecule is Clc1sccc1C1NCCc2ccsc21. The molecule has 2 aromatic heterocycles. The third kappa shape index (κ3) is 1.64. The van der Waals surface area contributed by atoms with Crippen LogP contribution in [0.3, 0.4) is 0 Å². The summed E-state index contributed by atoms with van der Waals surface area (Å²) in [5.74, 6) is 0. The molecule has 0 aliphatic carbocycles. The van der Waals surface area contributed by atoms with E-state index in [1.54, 1.807) is 11.3 Å². The molecule has 0 amide bonds. The van der Waals surface area contributed by atoms with Crippen molar-refractivity contribution in [2.24, 2.45) is 0 Å². The smallest absolute Gasteiger partial charge is 0.0979 e. The first-order chi connectivity index (χ1) is 7.36. The van der Waals surface area contributed by atoms with Gasteiger partial charge in [-0.05, 0) is 34.9 Å². The van der Waals surface area contributed by atoms with Crippen LogP contribution in [-0.2, 0) is 6.42 Å². The lowest BCUT2D eigenvalue weighted by atomic mass is 10.00. The molecular formula is C11H10ClNS2. The molecule has 0 fully saturated rings. The summed E-state index contributed by atoms with van der Waals surface area (Å²) in [6, 6.07) is 4.67. The minimum atomic E-state index is 0.312. The van der Waals surface area contributed by atoms with Crippen molar-refractivity contribution in [3.05, 3.63) is 43.2 Å². The molecule has 1 nitrogen and oxygen atoms in total. The van der Waals surface area contributed by atoms with Gasteiger partial charge in [-0.15, -0.1) is 22.7 Å². The molecule has 78 valence electrons. The Bertz CT molecular complexity index is 474. The largest absolute Gasteiger partial charge is 0.305 e. The number of fused-ring (bicyclic) bond motifs is 1. The van der Waals surface area contributed by atoms with Crippen molar-refractivity contribution in [1.82, 2.24) is 5.32 Å². The standard InChI is InChI=1S/C11H10ClNS2/c12-11-8(3-6-15-11)9-10-7(1-4-13-9)2-5-14-10/h2-3,5-6,9,13H,1,4H2. The Balaban J connectivity index is 2.07. The summed E-state index contributed by atoms with van der Waals surface area (Å²) in [6.45, 7) is 1.04. The Morgan fingerprint density at radius 2 is 2.13 bits per heavy atom. The van der Waals surface area contributed by atoms with Gasteiger partial charge in [0.2, 0.25) is 0 Å². The van der Waals surface area contributed by atoms with E-state index in [2.05, 4.69) is 28.2 Å². The number of hydrogen-bond donors (Lipinski definition) is 1. The third-order valence-corrected chi connectivity index (χ3v) is 4.97. The molecule has 15 heavy (non-hydrogen) atoms. The van der Waals surface area contributed by atoms with Gasteiger partial charge in [0.1, 0.15) is 0 Å². The van der Waals surface area contributed by atoms with E-state index in [0.717, 1.165) is 17.3 Å². The molecule has 0 bridgehead atoms. The molecule has 1 aliphatic rings. The first-order valence-electron chi connectivity index (χ1n) is 4.89. The lowest BCUT2D eigenvalue weighted by Gasteiger charge is -2.23. The van der Waals surface area contributed by atoms with Crippen molar-refractivity contribution >= 4 is 34.3 Å². The Morgan fingerprint density at radius 3 is 2.93 bits per heavy atom. The van der Waals surface area contributed by atoms with Crippen LogP contribution < -0.4 is 5.32 Å². The maximum absolute atomic E-state index is 6.19. The lowest BCUT2D eigenvalue weighted by molar-refractivity contribution is 0.580. The van der Waals surface area contributed by atoms with Crippen LogP contribution in [0.4, 0.5) is 0 Å². The summed E-state index contributed by atoms with van der Waals surface area (Å²) in [4.78, 5) is 1.43. The molecule has 1 N–H and O–H groups in total. The molecule has 1 aliphatic heterocycles. The van der Waals surface area contributed by atoms with E-state index in [-0.39, 0.29) is 0 Å². The van der Waals surface area contributed by atoms with E-state index >= 15 is 0 Å². The number of hydrogen-bond acceptors (Lipinski definition) is 3. The Kier molecular flexibility index (Phi) is 2.56. The number of halogens is 1. The van der Waals surface area contributed by atoms with Crippen molar-refractivity contribution in [2.45, 2.75) is 12.5 Å². The van der Waals surface area contributed by atoms with E-state index in [9.17, 15) is 0 Å². The van der Waals surface area contributed by atoms with Crippen LogP contribution in [0, 0.1) is 0 Å². The van der Waals surface area contributed by atoms with Gasteiger partial charge in [0.05, 0.1) is 10.4 Å². The van der Waals surface area contributed by atoms with Gasteiger partial charge in [-0.1, -0.05) is 11.6 Å². The van der Waals surface area contributed by atoms with Gasteiger partial charge in [-0.2, -0.15) is 0 Å². The maximum atomic E-state index is 6.19. The predicted molar refractivity (Wildman–Crippen MR) is 67.2 cm³/mol. The van der Waals surface area contributed by atoms with E-state index in [1.165, 1.54) is 16.0 Å². The van der Waals surface area contributed by atoms with Gasteiger partial charge in [-0.3, -0.25) is 0 Å². The van der Waals surface area contributed by atoms with Crippen molar-refractivity contribution in [2.75, 3.05) is 6.54 Å². The van der Waals surface area contributed by atoms with Gasteiger partial charge < -0.3 is 5.32 Å². The van der Waals surface area contributed by atoms with Crippen molar-refractivity contribution in [1.29, 1.82) is 0 Å². The summed E-state index contributed by atoms with van der Waals surface area (Å²) >= 11 is 9.62. The van der Waals surface area contributed by atoms with Crippen LogP contribution in [0.5, 0.6) is 0 Å². The van der Waals surface area contributed by atoms with Crippen LogP contribution in [0.1, 0.15) is 22.0 Å². The minimum absolute atomic E-state index is 0.312. The molecule has 2 aromatic rings. The van der Waals surface area contributed by atoms with Crippen molar-refractivity contribution in [3.63, 3.8) is 0 Å². The normalized spacial score (nSPS) is 20.2. The first-order valence-corrected chi connectivity index (χ1v) is 7.02. The fraction of sp³-hybridized carbons (Fsp3) is 0.273. The zero-order valence-electron chi connectivity index (χ0n) is 8.00. The molecule has 1 atom stereocenters. The van der Waals surface area contributed by atoms with Gasteiger partial charge in [0.15, 0.2) is 0 Å². The average molecular weight is 256 g/mol. The molecule has 0 radical (unpaired) electrons. The van der Waals surface area contributed by atoms with Crippen LogP contribution in [0.15, 0.2) is 22.9 Å². The Morgan fingerprint density at radius 1 is 1.27 bits per heavy atom. The molecule has 3 rings (SSSR count). The molecular weight excluding hydrogens is 246 g/mol. The van der Waals surface area contributed by atoms with Crippen LogP contribution in [0.25, 0.3) is 0 Å². The fourth-order valence-corrected chi connectivity index (χ4v) is 4.04. The van der Waals surface area contributed by atoms with E-state index < -0.39 is 0 Å². The summed E-state index contributed by atoms with van der Waals surface area (Å²) in [5, 5.41) is 7.77. The highest BCUT2D eigenvalue weighted by atomic mass is 35.5. The Hall–Kier alpha value is -0.350. The highest BCUT2D eigenvalue weighted by molar-refractivity contribution is 7.14. The predicted octanol–water partition coefficient (Wildman–Crippen LogP) is 3.70. The van der Waals surface area contributed by atoms with E-state index in [4.69, 9.17) is 11.6 Å². The molecule has 0 saturated heterocycles. The molecule has 0 aromatic carbocycles. The van der Waals surface area contributed by atoms with Crippen molar-refractivity contribution in [3.8, 4) is 0 Å². The number of rotatable bonds is 1. The summed E-state index contributed by atoms with van der Waals surface area (Å²) < 4.78 is 0.911. The summed E-state index contributed by atoms with van der Waals surface area (Å²) in [7, 11) is 0. The maximum Gasteiger partial charge on any atom is 0.0979 e. The minimum Gasteiger partial charge on any atom is -0.305 e. The highest BCUT2D eigenvalue weighted by Crippen LogP contribution is 2.37. The molecule has 1 unspecified atom stereocenters. The number of nitrogens with one attached hydrogen (secondary N) is 1. The van der Waals surface area contributed by atoms with Crippen molar-refractivity contribution < 1.29 is 0 Å². The quantitative estimate of drug-likeness (QED) is 0.819. The highest BCUT2D eigenvalue weighted by Gasteiger charge is 2.24. The summed E-state index contributed by atoms with van der Waals surface area (Å²) in [6.07, 6.45) is 1.14. The first kappa shape index (κ1) is 9.85. The zero-order valence-corrected chi connectivity index (χ0v) is 10.4. The van der Waals surface area contributed by atoms with Gasteiger partial charge in [0, 0.05) is 17.0 Å². The number of thiophene rings is 2. The van der Waals surface area contributed by atoms with E-state index in [0.29, 0.717) is 6.04 Å². The molecule has 3 heterocycles. The average Bonchev–Trinajstić information content (AvgIpc) is 2.85.